The number of esters is 4. The van der Waals surface area contributed by atoms with Gasteiger partial charge in [0.2, 0.25) is 0 Å². The van der Waals surface area contributed by atoms with Gasteiger partial charge in [0.25, 0.3) is 0 Å². The van der Waals surface area contributed by atoms with E-state index in [0.29, 0.717) is 25.7 Å². The average molecular weight is 1140 g/mol. The first-order chi connectivity index (χ1) is 36.6. The number of unbranched alkanes of at least 4 members (excludes halogenated alkanes) is 20. The molecule has 0 aromatic heterocycles. The topological polar surface area (TPSA) is 220 Å². The van der Waals surface area contributed by atoms with Crippen LogP contribution in [0.3, 0.4) is 0 Å². The molecule has 0 heterocycles. The fraction of sp³-hybridized carbons (Fsp3) is 0.600. The first-order valence-corrected chi connectivity index (χ1v) is 30.9. The maximum Gasteiger partial charge on any atom is 2.00 e. The molecular formula is C60H90CaO14S2. The normalized spacial score (nSPS) is 11.7. The third-order valence-electron chi connectivity index (χ3n) is 12.0. The molecule has 0 saturated heterocycles. The van der Waals surface area contributed by atoms with Gasteiger partial charge in [-0.05, 0) is 139 Å². The summed E-state index contributed by atoms with van der Waals surface area (Å²) in [5, 5.41) is 0. The summed E-state index contributed by atoms with van der Waals surface area (Å²) in [6.45, 7) is 9.23. The fourth-order valence-electron chi connectivity index (χ4n) is 7.53. The molecule has 0 bridgehead atoms. The van der Waals surface area contributed by atoms with Crippen LogP contribution in [0.25, 0.3) is 0 Å². The molecule has 0 aliphatic carbocycles. The zero-order valence-electron chi connectivity index (χ0n) is 46.9. The minimum absolute atomic E-state index is 0. The Morgan fingerprint density at radius 1 is 0.351 bits per heavy atom. The molecule has 2 aromatic rings. The molecule has 0 fully saturated rings. The van der Waals surface area contributed by atoms with Gasteiger partial charge >= 0.3 is 61.6 Å². The van der Waals surface area contributed by atoms with Crippen molar-refractivity contribution in [3.8, 4) is 0 Å². The second kappa shape index (κ2) is 47.2. The predicted octanol–water partition coefficient (Wildman–Crippen LogP) is 14.7. The first kappa shape index (κ1) is 73.4. The Bertz CT molecular complexity index is 2130. The molecule has 77 heavy (non-hydrogen) atoms. The molecule has 0 radical (unpaired) electrons. The standard InChI is InChI=1S/2C30H46O7S.Ca/c2*1-3-5-7-9-11-13-15-17-19-23-36-29(31)27-22-21-26(38(33,34)35)25-28(27)30(32)37-24-20-18-16-14-12-10-8-6-4-2;/h2*13-16,21-22,25H,3-12,17-20,23-24H2,1-2H3,(H,33,34,35);/q;;+2/p-2/b2*15-13+,16-14+;. The van der Waals surface area contributed by atoms with Crippen LogP contribution in [0.2, 0.25) is 0 Å². The second-order valence-corrected chi connectivity index (χ2v) is 21.5. The monoisotopic (exact) mass is 1140 g/mol. The van der Waals surface area contributed by atoms with Crippen LogP contribution in [0.5, 0.6) is 0 Å². The molecule has 2 aromatic carbocycles. The molecule has 14 nitrogen and oxygen atoms in total. The third kappa shape index (κ3) is 37.0. The van der Waals surface area contributed by atoms with Crippen molar-refractivity contribution in [2.24, 2.45) is 0 Å². The minimum Gasteiger partial charge on any atom is -0.744 e. The van der Waals surface area contributed by atoms with Crippen LogP contribution in [0.4, 0.5) is 0 Å². The van der Waals surface area contributed by atoms with E-state index in [4.69, 9.17) is 18.9 Å². The van der Waals surface area contributed by atoms with Crippen LogP contribution < -0.4 is 0 Å². The van der Waals surface area contributed by atoms with Gasteiger partial charge in [-0.3, -0.25) is 0 Å². The van der Waals surface area contributed by atoms with Crippen molar-refractivity contribution in [1.82, 2.24) is 0 Å². The molecule has 0 amide bonds. The summed E-state index contributed by atoms with van der Waals surface area (Å²) < 4.78 is 89.9. The van der Waals surface area contributed by atoms with Crippen LogP contribution in [-0.4, -0.2) is 114 Å². The molecule has 0 aliphatic rings. The molecule has 0 aliphatic heterocycles. The second-order valence-electron chi connectivity index (χ2n) is 18.7. The van der Waals surface area contributed by atoms with Gasteiger partial charge in [-0.2, -0.15) is 0 Å². The van der Waals surface area contributed by atoms with Gasteiger partial charge in [-0.25, -0.2) is 36.0 Å². The van der Waals surface area contributed by atoms with E-state index < -0.39 is 53.9 Å². The number of carbonyl (C=O) groups is 4. The van der Waals surface area contributed by atoms with Crippen LogP contribution in [-0.2, 0) is 39.2 Å². The number of benzene rings is 2. The van der Waals surface area contributed by atoms with Crippen LogP contribution in [0.15, 0.2) is 94.8 Å². The van der Waals surface area contributed by atoms with Gasteiger partial charge in [-0.1, -0.05) is 153 Å². The zero-order valence-corrected chi connectivity index (χ0v) is 50.8. The van der Waals surface area contributed by atoms with E-state index >= 15 is 0 Å². The van der Waals surface area contributed by atoms with Crippen molar-refractivity contribution >= 4 is 81.9 Å². The number of hydrogen-bond acceptors (Lipinski definition) is 14. The Hall–Kier alpha value is -3.64. The van der Waals surface area contributed by atoms with E-state index in [1.165, 1.54) is 89.9 Å². The zero-order chi connectivity index (χ0) is 56.1. The quantitative estimate of drug-likeness (QED) is 0.0151. The molecule has 428 valence electrons. The van der Waals surface area contributed by atoms with Crippen LogP contribution >= 0.6 is 0 Å². The number of carbonyl (C=O) groups excluding carboxylic acids is 4. The van der Waals surface area contributed by atoms with Crippen LogP contribution in [0.1, 0.15) is 249 Å². The Balaban J connectivity index is 0.00000148. The smallest absolute Gasteiger partial charge is 0.744 e. The molecule has 17 heteroatoms. The molecular weight excluding hydrogens is 1050 g/mol. The third-order valence-corrected chi connectivity index (χ3v) is 13.7. The summed E-state index contributed by atoms with van der Waals surface area (Å²) >= 11 is 0. The molecule has 0 saturated carbocycles. The van der Waals surface area contributed by atoms with E-state index in [2.05, 4.69) is 76.3 Å². The Morgan fingerprint density at radius 2 is 0.571 bits per heavy atom. The summed E-state index contributed by atoms with van der Waals surface area (Å²) in [6, 6.07) is 6.03. The maximum atomic E-state index is 12.7. The summed E-state index contributed by atoms with van der Waals surface area (Å²) in [5.74, 6) is -3.25. The SMILES string of the molecule is CCCCCC/C=C/CCCOC(=O)c1ccc(S(=O)(=O)[O-])cc1C(=O)OCCC/C=C/CCCCCC.CCCCCC/C=C/CCCOC(=O)c1ccc(S(=O)(=O)[O-])cc1C(=O)OCCC/C=C/CCCCCC.[Ca+2]. The molecule has 0 spiro atoms. The van der Waals surface area contributed by atoms with E-state index in [9.17, 15) is 45.1 Å². The van der Waals surface area contributed by atoms with E-state index in [1.54, 1.807) is 0 Å². The van der Waals surface area contributed by atoms with E-state index in [0.717, 1.165) is 101 Å². The van der Waals surface area contributed by atoms with E-state index in [-0.39, 0.29) is 86.4 Å². The van der Waals surface area contributed by atoms with Crippen molar-refractivity contribution in [2.75, 3.05) is 26.4 Å². The Morgan fingerprint density at radius 3 is 0.792 bits per heavy atom. The number of ether oxygens (including phenoxy) is 4. The van der Waals surface area contributed by atoms with E-state index in [1.807, 2.05) is 0 Å². The van der Waals surface area contributed by atoms with Crippen molar-refractivity contribution in [2.45, 2.75) is 217 Å². The summed E-state index contributed by atoms with van der Waals surface area (Å²) in [6.07, 6.45) is 45.6. The predicted molar refractivity (Wildman–Crippen MR) is 304 cm³/mol. The van der Waals surface area contributed by atoms with Gasteiger partial charge < -0.3 is 28.1 Å². The molecule has 2 rings (SSSR count). The van der Waals surface area contributed by atoms with Crippen molar-refractivity contribution in [3.63, 3.8) is 0 Å². The maximum absolute atomic E-state index is 12.7. The largest absolute Gasteiger partial charge is 2.00 e. The molecule has 0 N–H and O–H groups in total. The number of rotatable bonds is 42. The number of hydrogen-bond donors (Lipinski definition) is 0. The van der Waals surface area contributed by atoms with Gasteiger partial charge in [0.15, 0.2) is 0 Å². The fourth-order valence-corrected chi connectivity index (χ4v) is 8.52. The molecule has 0 unspecified atom stereocenters. The van der Waals surface area contributed by atoms with Gasteiger partial charge in [-0.15, -0.1) is 0 Å². The molecule has 0 atom stereocenters. The Kier molecular flexibility index (Phi) is 45.0. The average Bonchev–Trinajstić information content (AvgIpc) is 3.39. The van der Waals surface area contributed by atoms with Crippen LogP contribution in [0, 0.1) is 0 Å². The summed E-state index contributed by atoms with van der Waals surface area (Å²) in [7, 11) is -9.62. The first-order valence-electron chi connectivity index (χ1n) is 28.1. The van der Waals surface area contributed by atoms with Gasteiger partial charge in [0, 0.05) is 0 Å². The van der Waals surface area contributed by atoms with Crippen molar-refractivity contribution in [3.05, 3.63) is 107 Å². The van der Waals surface area contributed by atoms with Gasteiger partial charge in [0.1, 0.15) is 20.2 Å². The Labute approximate surface area is 493 Å². The summed E-state index contributed by atoms with van der Waals surface area (Å²) in [4.78, 5) is 49.4. The number of allylic oxidation sites excluding steroid dienone is 8. The van der Waals surface area contributed by atoms with Crippen molar-refractivity contribution in [1.29, 1.82) is 0 Å². The summed E-state index contributed by atoms with van der Waals surface area (Å²) in [5.41, 5.74) is -0.822. The van der Waals surface area contributed by atoms with Gasteiger partial charge in [0.05, 0.1) is 58.5 Å². The van der Waals surface area contributed by atoms with Crippen molar-refractivity contribution < 1.29 is 64.1 Å². The minimum atomic E-state index is -4.81.